The monoisotopic (exact) mass is 178 g/mol. The van der Waals surface area contributed by atoms with Crippen LogP contribution in [0.25, 0.3) is 0 Å². The van der Waals surface area contributed by atoms with E-state index in [4.69, 9.17) is 15.3 Å². The Kier molecular flexibility index (Phi) is 4.70. The third kappa shape index (κ3) is 4.66. The molecule has 0 bridgehead atoms. The van der Waals surface area contributed by atoms with Gasteiger partial charge in [0.2, 0.25) is 0 Å². The Morgan fingerprint density at radius 1 is 1.25 bits per heavy atom. The molecular weight excluding hydrogens is 160 g/mol. The van der Waals surface area contributed by atoms with Gasteiger partial charge in [-0.2, -0.15) is 0 Å². The Hall–Kier alpha value is -0.160. The lowest BCUT2D eigenvalue weighted by atomic mass is 9.94. The van der Waals surface area contributed by atoms with E-state index < -0.39 is 18.0 Å². The van der Waals surface area contributed by atoms with Crippen molar-refractivity contribution < 1.29 is 20.4 Å². The zero-order valence-electron chi connectivity index (χ0n) is 7.56. The molecule has 4 heteroatoms. The second kappa shape index (κ2) is 4.77. The Balaban J connectivity index is 3.61. The van der Waals surface area contributed by atoms with Crippen molar-refractivity contribution in [3.8, 4) is 0 Å². The molecule has 4 N–H and O–H groups in total. The number of hydrogen-bond acceptors (Lipinski definition) is 4. The predicted octanol–water partition coefficient (Wildman–Crippen LogP) is -0.401. The zero-order chi connectivity index (χ0) is 9.78. The van der Waals surface area contributed by atoms with E-state index in [0.717, 1.165) is 0 Å². The molecule has 0 amide bonds. The SMILES string of the molecule is CC(O)C(C)(O)CCCC(O)O. The summed E-state index contributed by atoms with van der Waals surface area (Å²) >= 11 is 0. The molecule has 12 heavy (non-hydrogen) atoms. The lowest BCUT2D eigenvalue weighted by Gasteiger charge is -2.26. The molecule has 74 valence electrons. The Morgan fingerprint density at radius 3 is 2.08 bits per heavy atom. The smallest absolute Gasteiger partial charge is 0.151 e. The van der Waals surface area contributed by atoms with Gasteiger partial charge in [0.25, 0.3) is 0 Å². The van der Waals surface area contributed by atoms with Crippen molar-refractivity contribution in [2.24, 2.45) is 0 Å². The van der Waals surface area contributed by atoms with Gasteiger partial charge in [0.1, 0.15) is 0 Å². The molecule has 0 saturated heterocycles. The first-order valence-electron chi connectivity index (χ1n) is 4.13. The van der Waals surface area contributed by atoms with Gasteiger partial charge in [0, 0.05) is 0 Å². The fourth-order valence-electron chi connectivity index (χ4n) is 0.851. The zero-order valence-corrected chi connectivity index (χ0v) is 7.56. The van der Waals surface area contributed by atoms with Crippen molar-refractivity contribution >= 4 is 0 Å². The molecule has 0 aliphatic heterocycles. The van der Waals surface area contributed by atoms with E-state index in [-0.39, 0.29) is 6.42 Å². The number of aliphatic hydroxyl groups is 4. The minimum Gasteiger partial charge on any atom is -0.390 e. The highest BCUT2D eigenvalue weighted by molar-refractivity contribution is 4.78. The van der Waals surface area contributed by atoms with Crippen LogP contribution >= 0.6 is 0 Å². The van der Waals surface area contributed by atoms with Gasteiger partial charge in [0.05, 0.1) is 11.7 Å². The first kappa shape index (κ1) is 11.8. The normalized spacial score (nSPS) is 19.2. The summed E-state index contributed by atoms with van der Waals surface area (Å²) in [5.74, 6) is 0. The molecule has 0 aromatic rings. The van der Waals surface area contributed by atoms with Crippen molar-refractivity contribution in [1.29, 1.82) is 0 Å². The van der Waals surface area contributed by atoms with Crippen molar-refractivity contribution in [3.05, 3.63) is 0 Å². The summed E-state index contributed by atoms with van der Waals surface area (Å²) in [6.07, 6.45) is -1.05. The van der Waals surface area contributed by atoms with Crippen LogP contribution in [0, 0.1) is 0 Å². The van der Waals surface area contributed by atoms with Gasteiger partial charge in [-0.15, -0.1) is 0 Å². The fourth-order valence-corrected chi connectivity index (χ4v) is 0.851. The highest BCUT2D eigenvalue weighted by Crippen LogP contribution is 2.18. The van der Waals surface area contributed by atoms with Crippen LogP contribution in [0.2, 0.25) is 0 Å². The number of aliphatic hydroxyl groups excluding tert-OH is 2. The van der Waals surface area contributed by atoms with E-state index in [1.165, 1.54) is 13.8 Å². The topological polar surface area (TPSA) is 80.9 Å². The molecule has 0 heterocycles. The lowest BCUT2D eigenvalue weighted by Crippen LogP contribution is -2.37. The second-order valence-electron chi connectivity index (χ2n) is 3.41. The van der Waals surface area contributed by atoms with E-state index in [1.807, 2.05) is 0 Å². The van der Waals surface area contributed by atoms with Gasteiger partial charge in [0.15, 0.2) is 6.29 Å². The molecule has 4 nitrogen and oxygen atoms in total. The lowest BCUT2D eigenvalue weighted by molar-refractivity contribution is -0.0731. The summed E-state index contributed by atoms with van der Waals surface area (Å²) in [5, 5.41) is 35.6. The average molecular weight is 178 g/mol. The molecule has 0 rings (SSSR count). The molecule has 0 aromatic heterocycles. The second-order valence-corrected chi connectivity index (χ2v) is 3.41. The van der Waals surface area contributed by atoms with Crippen LogP contribution in [0.4, 0.5) is 0 Å². The minimum atomic E-state index is -1.32. The minimum absolute atomic E-state index is 0.225. The van der Waals surface area contributed by atoms with Crippen LogP contribution in [0.5, 0.6) is 0 Å². The standard InChI is InChI=1S/C8H18O4/c1-6(9)8(2,12)5-3-4-7(10)11/h6-7,9-12H,3-5H2,1-2H3. The maximum atomic E-state index is 9.49. The molecular formula is C8H18O4. The summed E-state index contributed by atoms with van der Waals surface area (Å²) in [6, 6.07) is 0. The Morgan fingerprint density at radius 2 is 1.75 bits per heavy atom. The molecule has 0 aliphatic carbocycles. The quantitative estimate of drug-likeness (QED) is 0.432. The van der Waals surface area contributed by atoms with E-state index in [9.17, 15) is 5.11 Å². The summed E-state index contributed by atoms with van der Waals surface area (Å²) in [7, 11) is 0. The van der Waals surface area contributed by atoms with E-state index in [1.54, 1.807) is 0 Å². The van der Waals surface area contributed by atoms with Crippen LogP contribution in [-0.4, -0.2) is 38.4 Å². The van der Waals surface area contributed by atoms with Gasteiger partial charge in [-0.3, -0.25) is 0 Å². The molecule has 0 aromatic carbocycles. The van der Waals surface area contributed by atoms with Crippen molar-refractivity contribution in [3.63, 3.8) is 0 Å². The first-order valence-corrected chi connectivity index (χ1v) is 4.13. The molecule has 0 aliphatic rings. The van der Waals surface area contributed by atoms with Crippen molar-refractivity contribution in [2.75, 3.05) is 0 Å². The molecule has 2 unspecified atom stereocenters. The third-order valence-corrected chi connectivity index (χ3v) is 2.05. The fraction of sp³-hybridized carbons (Fsp3) is 1.00. The summed E-state index contributed by atoms with van der Waals surface area (Å²) in [5.41, 5.74) is -1.13. The highest BCUT2D eigenvalue weighted by Gasteiger charge is 2.25. The van der Waals surface area contributed by atoms with E-state index >= 15 is 0 Å². The number of hydrogen-bond donors (Lipinski definition) is 4. The van der Waals surface area contributed by atoms with Crippen molar-refractivity contribution in [1.82, 2.24) is 0 Å². The van der Waals surface area contributed by atoms with Crippen LogP contribution < -0.4 is 0 Å². The van der Waals surface area contributed by atoms with E-state index in [0.29, 0.717) is 12.8 Å². The first-order chi connectivity index (χ1) is 5.36. The Bertz CT molecular complexity index is 120. The van der Waals surface area contributed by atoms with Gasteiger partial charge >= 0.3 is 0 Å². The van der Waals surface area contributed by atoms with Crippen LogP contribution in [0.1, 0.15) is 33.1 Å². The molecule has 0 spiro atoms. The molecule has 2 atom stereocenters. The summed E-state index contributed by atoms with van der Waals surface area (Å²) in [6.45, 7) is 3.04. The molecule has 0 radical (unpaired) electrons. The Labute approximate surface area is 72.5 Å². The van der Waals surface area contributed by atoms with Gasteiger partial charge in [-0.25, -0.2) is 0 Å². The van der Waals surface area contributed by atoms with Crippen molar-refractivity contribution in [2.45, 2.75) is 51.1 Å². The van der Waals surface area contributed by atoms with Crippen LogP contribution in [0.3, 0.4) is 0 Å². The van der Waals surface area contributed by atoms with Crippen LogP contribution in [0.15, 0.2) is 0 Å². The molecule has 0 saturated carbocycles. The summed E-state index contributed by atoms with van der Waals surface area (Å²) < 4.78 is 0. The number of rotatable bonds is 5. The average Bonchev–Trinajstić information content (AvgIpc) is 1.85. The van der Waals surface area contributed by atoms with E-state index in [2.05, 4.69) is 0 Å². The van der Waals surface area contributed by atoms with Gasteiger partial charge in [-0.1, -0.05) is 0 Å². The predicted molar refractivity (Wildman–Crippen MR) is 44.4 cm³/mol. The maximum Gasteiger partial charge on any atom is 0.151 e. The third-order valence-electron chi connectivity index (χ3n) is 2.05. The largest absolute Gasteiger partial charge is 0.390 e. The highest BCUT2D eigenvalue weighted by atomic mass is 16.5. The van der Waals surface area contributed by atoms with Crippen LogP contribution in [-0.2, 0) is 0 Å². The molecule has 0 fully saturated rings. The maximum absolute atomic E-state index is 9.49. The van der Waals surface area contributed by atoms with Gasteiger partial charge < -0.3 is 20.4 Å². The van der Waals surface area contributed by atoms with Gasteiger partial charge in [-0.05, 0) is 33.1 Å². The summed E-state index contributed by atoms with van der Waals surface area (Å²) in [4.78, 5) is 0.